The van der Waals surface area contributed by atoms with Crippen LogP contribution >= 0.6 is 0 Å². The van der Waals surface area contributed by atoms with E-state index in [-0.39, 0.29) is 0 Å². The molecule has 3 heterocycles. The van der Waals surface area contributed by atoms with Crippen molar-refractivity contribution in [3.05, 3.63) is 70.9 Å². The van der Waals surface area contributed by atoms with Crippen molar-refractivity contribution in [3.8, 4) is 0 Å². The Morgan fingerprint density at radius 2 is 2.00 bits per heavy atom. The Hall–Kier alpha value is -3.39. The molecule has 1 atom stereocenters. The minimum Gasteiger partial charge on any atom is -0.378 e. The molecule has 1 N–H and O–H groups in total. The van der Waals surface area contributed by atoms with Gasteiger partial charge >= 0.3 is 0 Å². The fourth-order valence-corrected chi connectivity index (χ4v) is 4.71. The molecule has 0 amide bonds. The van der Waals surface area contributed by atoms with Crippen molar-refractivity contribution in [2.75, 3.05) is 36.6 Å². The van der Waals surface area contributed by atoms with E-state index in [0.29, 0.717) is 11.9 Å². The van der Waals surface area contributed by atoms with Crippen molar-refractivity contribution in [1.29, 1.82) is 0 Å². The normalized spacial score (nSPS) is 18.1. The predicted molar refractivity (Wildman–Crippen MR) is 133 cm³/mol. The number of benzene rings is 1. The molecule has 0 radical (unpaired) electrons. The fraction of sp³-hybridized carbons (Fsp3) is 0.423. The summed E-state index contributed by atoms with van der Waals surface area (Å²) in [6.45, 7) is 5.24. The van der Waals surface area contributed by atoms with Gasteiger partial charge in [-0.25, -0.2) is 20.4 Å². The summed E-state index contributed by atoms with van der Waals surface area (Å²) < 4.78 is 5.57. The van der Waals surface area contributed by atoms with Crippen LogP contribution in [0.25, 0.3) is 0 Å². The number of hydrazone groups is 1. The van der Waals surface area contributed by atoms with E-state index < -0.39 is 0 Å². The van der Waals surface area contributed by atoms with Gasteiger partial charge < -0.3 is 9.64 Å². The number of nitrogens with zero attached hydrogens (tertiary/aromatic N) is 6. The lowest BCUT2D eigenvalue weighted by atomic mass is 9.84. The van der Waals surface area contributed by atoms with Crippen LogP contribution in [0.2, 0.25) is 0 Å². The van der Waals surface area contributed by atoms with Crippen LogP contribution in [0.1, 0.15) is 41.1 Å². The van der Waals surface area contributed by atoms with Gasteiger partial charge in [0.2, 0.25) is 5.95 Å². The number of ether oxygens (including phenoxy) is 1. The summed E-state index contributed by atoms with van der Waals surface area (Å²) in [6.07, 6.45) is 10.5. The second-order valence-corrected chi connectivity index (χ2v) is 8.99. The number of fused-ring (bicyclic) bond motifs is 1. The molecule has 176 valence electrons. The molecule has 2 aromatic heterocycles. The maximum Gasteiger partial charge on any atom is 0.245 e. The first-order valence-electron chi connectivity index (χ1n) is 12.1. The van der Waals surface area contributed by atoms with Crippen molar-refractivity contribution < 1.29 is 4.74 Å². The SMILES string of the molecule is Cc1cccc(/C=N/Nc2nc3c(c(N4CCOCC4)n2)CCC(CCc2ncccn2)C3)c1. The smallest absolute Gasteiger partial charge is 0.245 e. The van der Waals surface area contributed by atoms with E-state index in [2.05, 4.69) is 44.5 Å². The third kappa shape index (κ3) is 5.56. The summed E-state index contributed by atoms with van der Waals surface area (Å²) >= 11 is 0. The van der Waals surface area contributed by atoms with Crippen LogP contribution in [0.5, 0.6) is 0 Å². The molecule has 1 aromatic carbocycles. The number of aryl methyl sites for hydroxylation is 2. The summed E-state index contributed by atoms with van der Waals surface area (Å²) in [6, 6.07) is 10.1. The number of nitrogens with one attached hydrogen (secondary N) is 1. The summed E-state index contributed by atoms with van der Waals surface area (Å²) in [4.78, 5) is 20.9. The Morgan fingerprint density at radius 1 is 1.15 bits per heavy atom. The minimum atomic E-state index is 0.552. The third-order valence-electron chi connectivity index (χ3n) is 6.48. The number of hydrogen-bond acceptors (Lipinski definition) is 8. The van der Waals surface area contributed by atoms with Crippen molar-refractivity contribution in [2.45, 2.75) is 39.0 Å². The van der Waals surface area contributed by atoms with Crippen LogP contribution in [-0.4, -0.2) is 52.5 Å². The van der Waals surface area contributed by atoms with Gasteiger partial charge in [-0.3, -0.25) is 0 Å². The Balaban J connectivity index is 1.34. The molecule has 5 rings (SSSR count). The molecular formula is C26H31N7O. The largest absolute Gasteiger partial charge is 0.378 e. The summed E-state index contributed by atoms with van der Waals surface area (Å²) in [7, 11) is 0. The number of aromatic nitrogens is 4. The molecule has 8 nitrogen and oxygen atoms in total. The Morgan fingerprint density at radius 3 is 2.82 bits per heavy atom. The van der Waals surface area contributed by atoms with Gasteiger partial charge in [-0.2, -0.15) is 10.1 Å². The predicted octanol–water partition coefficient (Wildman–Crippen LogP) is 3.60. The monoisotopic (exact) mass is 457 g/mol. The highest BCUT2D eigenvalue weighted by molar-refractivity contribution is 5.80. The van der Waals surface area contributed by atoms with Crippen LogP contribution in [0.3, 0.4) is 0 Å². The van der Waals surface area contributed by atoms with Crippen molar-refractivity contribution >= 4 is 18.0 Å². The number of morpholine rings is 1. The van der Waals surface area contributed by atoms with E-state index in [1.165, 1.54) is 11.1 Å². The van der Waals surface area contributed by atoms with Gasteiger partial charge in [0.15, 0.2) is 0 Å². The molecule has 1 saturated heterocycles. The molecule has 2 aliphatic rings. The van der Waals surface area contributed by atoms with E-state index in [1.54, 1.807) is 0 Å². The highest BCUT2D eigenvalue weighted by atomic mass is 16.5. The van der Waals surface area contributed by atoms with Crippen molar-refractivity contribution in [3.63, 3.8) is 0 Å². The molecule has 0 bridgehead atoms. The number of anilines is 2. The Bertz CT molecular complexity index is 1130. The standard InChI is InChI=1S/C26H31N7O/c1-19-4-2-5-21(16-19)18-29-32-26-30-23-17-20(7-9-24-27-10-3-11-28-24)6-8-22(23)25(31-26)33-12-14-34-15-13-33/h2-5,10-11,16,18,20H,6-9,12-15,17H2,1H3,(H,30,31,32)/b29-18+. The molecular weight excluding hydrogens is 426 g/mol. The van der Waals surface area contributed by atoms with E-state index >= 15 is 0 Å². The molecule has 1 unspecified atom stereocenters. The van der Waals surface area contributed by atoms with Gasteiger partial charge in [0.1, 0.15) is 11.6 Å². The third-order valence-corrected chi connectivity index (χ3v) is 6.48. The Labute approximate surface area is 200 Å². The molecule has 1 fully saturated rings. The van der Waals surface area contributed by atoms with E-state index in [9.17, 15) is 0 Å². The lowest BCUT2D eigenvalue weighted by Crippen LogP contribution is -2.38. The van der Waals surface area contributed by atoms with Gasteiger partial charge in [0.05, 0.1) is 25.1 Å². The topological polar surface area (TPSA) is 88.4 Å². The van der Waals surface area contributed by atoms with Gasteiger partial charge in [0, 0.05) is 37.5 Å². The first-order valence-corrected chi connectivity index (χ1v) is 12.1. The summed E-state index contributed by atoms with van der Waals surface area (Å²) in [5.41, 5.74) is 7.75. The molecule has 3 aromatic rings. The lowest BCUT2D eigenvalue weighted by Gasteiger charge is -2.32. The van der Waals surface area contributed by atoms with Gasteiger partial charge in [-0.15, -0.1) is 0 Å². The minimum absolute atomic E-state index is 0.552. The molecule has 8 heteroatoms. The first-order chi connectivity index (χ1) is 16.7. The quantitative estimate of drug-likeness (QED) is 0.428. The second-order valence-electron chi connectivity index (χ2n) is 8.99. The zero-order valence-corrected chi connectivity index (χ0v) is 19.7. The van der Waals surface area contributed by atoms with E-state index in [0.717, 1.165) is 81.3 Å². The molecule has 0 saturated carbocycles. The van der Waals surface area contributed by atoms with Crippen LogP contribution in [-0.2, 0) is 24.0 Å². The molecule has 0 spiro atoms. The van der Waals surface area contributed by atoms with Crippen LogP contribution in [0.4, 0.5) is 11.8 Å². The van der Waals surface area contributed by atoms with Crippen molar-refractivity contribution in [2.24, 2.45) is 11.0 Å². The molecule has 1 aliphatic heterocycles. The van der Waals surface area contributed by atoms with Gasteiger partial charge in [0.25, 0.3) is 0 Å². The maximum atomic E-state index is 5.57. The lowest BCUT2D eigenvalue weighted by molar-refractivity contribution is 0.122. The zero-order chi connectivity index (χ0) is 23.2. The van der Waals surface area contributed by atoms with Gasteiger partial charge in [-0.05, 0) is 50.2 Å². The maximum absolute atomic E-state index is 5.57. The van der Waals surface area contributed by atoms with E-state index in [4.69, 9.17) is 14.7 Å². The summed E-state index contributed by atoms with van der Waals surface area (Å²) in [5.74, 6) is 3.06. The van der Waals surface area contributed by atoms with Gasteiger partial charge in [-0.1, -0.05) is 29.8 Å². The highest BCUT2D eigenvalue weighted by Crippen LogP contribution is 2.33. The van der Waals surface area contributed by atoms with Crippen LogP contribution in [0, 0.1) is 12.8 Å². The van der Waals surface area contributed by atoms with Crippen molar-refractivity contribution in [1.82, 2.24) is 19.9 Å². The van der Waals surface area contributed by atoms with E-state index in [1.807, 2.05) is 36.8 Å². The zero-order valence-electron chi connectivity index (χ0n) is 19.7. The Kier molecular flexibility index (Phi) is 7.05. The number of rotatable bonds is 7. The molecule has 34 heavy (non-hydrogen) atoms. The molecule has 1 aliphatic carbocycles. The summed E-state index contributed by atoms with van der Waals surface area (Å²) in [5, 5.41) is 4.42. The van der Waals surface area contributed by atoms with Crippen LogP contribution in [0.15, 0.2) is 47.8 Å². The van der Waals surface area contributed by atoms with Crippen LogP contribution < -0.4 is 10.3 Å². The first kappa shape index (κ1) is 22.4. The number of hydrogen-bond donors (Lipinski definition) is 1. The second kappa shape index (κ2) is 10.7. The fourth-order valence-electron chi connectivity index (χ4n) is 4.71. The highest BCUT2D eigenvalue weighted by Gasteiger charge is 2.27. The average molecular weight is 458 g/mol. The average Bonchev–Trinajstić information content (AvgIpc) is 2.88.